The van der Waals surface area contributed by atoms with Gasteiger partial charge in [-0.25, -0.2) is 4.79 Å². The van der Waals surface area contributed by atoms with Crippen molar-refractivity contribution < 1.29 is 19.1 Å². The van der Waals surface area contributed by atoms with E-state index in [1.165, 1.54) is 0 Å². The van der Waals surface area contributed by atoms with Crippen LogP contribution in [0.25, 0.3) is 0 Å². The number of carbonyl (C=O) groups excluding carboxylic acids is 3. The Hall–Kier alpha value is -2.02. The highest BCUT2D eigenvalue weighted by Gasteiger charge is 2.54. The maximum Gasteiger partial charge on any atom is 0.330 e. The summed E-state index contributed by atoms with van der Waals surface area (Å²) in [6.07, 6.45) is 2.13. The minimum Gasteiger partial charge on any atom is -0.446 e. The van der Waals surface area contributed by atoms with Crippen molar-refractivity contribution in [1.82, 2.24) is 10.2 Å². The second-order valence-corrected chi connectivity index (χ2v) is 8.78. The fraction of sp³-hybridized carbons (Fsp3) is 0.526. The average Bonchev–Trinajstić information content (AvgIpc) is 3.30. The number of hydrogen-bond acceptors (Lipinski definition) is 5. The van der Waals surface area contributed by atoms with Gasteiger partial charge in [-0.1, -0.05) is 30.3 Å². The number of ether oxygens (including phenoxy) is 1. The van der Waals surface area contributed by atoms with Crippen molar-refractivity contribution in [2.45, 2.75) is 55.7 Å². The minimum atomic E-state index is -0.987. The van der Waals surface area contributed by atoms with Crippen molar-refractivity contribution in [3.63, 3.8) is 0 Å². The van der Waals surface area contributed by atoms with Gasteiger partial charge in [-0.3, -0.25) is 9.59 Å². The Morgan fingerprint density at radius 3 is 2.73 bits per heavy atom. The van der Waals surface area contributed by atoms with Crippen LogP contribution in [0.4, 0.5) is 0 Å². The van der Waals surface area contributed by atoms with Crippen molar-refractivity contribution >= 4 is 29.5 Å². The molecule has 0 aromatic heterocycles. The summed E-state index contributed by atoms with van der Waals surface area (Å²) in [5.41, 5.74) is 0.639. The van der Waals surface area contributed by atoms with Gasteiger partial charge < -0.3 is 15.0 Å². The first-order valence-corrected chi connectivity index (χ1v) is 9.98. The summed E-state index contributed by atoms with van der Waals surface area (Å²) in [6.45, 7) is 1.99. The Bertz CT molecular complexity index is 736. The molecule has 2 aliphatic heterocycles. The highest BCUT2D eigenvalue weighted by molar-refractivity contribution is 8.01. The summed E-state index contributed by atoms with van der Waals surface area (Å²) < 4.78 is 5.65. The van der Waals surface area contributed by atoms with E-state index in [2.05, 4.69) is 5.32 Å². The molecule has 1 saturated carbocycles. The molecular formula is C19H22N2O4S. The molecule has 7 heteroatoms. The van der Waals surface area contributed by atoms with Crippen LogP contribution in [0.5, 0.6) is 0 Å². The normalized spacial score (nSPS) is 28.6. The largest absolute Gasteiger partial charge is 0.446 e. The van der Waals surface area contributed by atoms with Gasteiger partial charge in [-0.05, 0) is 26.2 Å². The second-order valence-electron chi connectivity index (χ2n) is 7.28. The van der Waals surface area contributed by atoms with E-state index in [1.807, 2.05) is 25.1 Å². The van der Waals surface area contributed by atoms with Crippen LogP contribution in [-0.2, 0) is 19.1 Å². The van der Waals surface area contributed by atoms with Gasteiger partial charge >= 0.3 is 5.97 Å². The summed E-state index contributed by atoms with van der Waals surface area (Å²) in [5, 5.41) is 2.91. The molecule has 3 atom stereocenters. The van der Waals surface area contributed by atoms with E-state index in [1.54, 1.807) is 28.8 Å². The lowest BCUT2D eigenvalue weighted by Crippen LogP contribution is -2.47. The lowest BCUT2D eigenvalue weighted by atomic mass is 10.1. The smallest absolute Gasteiger partial charge is 0.330 e. The van der Waals surface area contributed by atoms with Crippen LogP contribution in [0.15, 0.2) is 30.3 Å². The molecule has 2 heterocycles. The molecular weight excluding hydrogens is 352 g/mol. The zero-order valence-corrected chi connectivity index (χ0v) is 15.5. The predicted molar refractivity (Wildman–Crippen MR) is 97.2 cm³/mol. The maximum atomic E-state index is 12.9. The first-order valence-electron chi connectivity index (χ1n) is 9.00. The van der Waals surface area contributed by atoms with Crippen molar-refractivity contribution in [2.24, 2.45) is 0 Å². The van der Waals surface area contributed by atoms with Crippen molar-refractivity contribution in [2.75, 3.05) is 5.75 Å². The Kier molecular flexibility index (Phi) is 4.42. The number of carbonyl (C=O) groups is 3. The molecule has 0 bridgehead atoms. The lowest BCUT2D eigenvalue weighted by molar-refractivity contribution is -0.163. The van der Waals surface area contributed by atoms with Gasteiger partial charge in [-0.2, -0.15) is 0 Å². The molecule has 1 aromatic carbocycles. The van der Waals surface area contributed by atoms with Crippen molar-refractivity contribution in [3.05, 3.63) is 35.9 Å². The Morgan fingerprint density at radius 2 is 2.04 bits per heavy atom. The first kappa shape index (κ1) is 17.4. The third-order valence-electron chi connectivity index (χ3n) is 5.22. The van der Waals surface area contributed by atoms with E-state index in [0.717, 1.165) is 19.3 Å². The second kappa shape index (κ2) is 6.61. The quantitative estimate of drug-likeness (QED) is 0.798. The standard InChI is InChI=1S/C19H22N2O4S/c1-19-10-9-15(22)21(19)14(11-26-19)18(24)25-16(12-5-3-2-4-6-12)17(23)20-13-7-8-13/h2-6,13-14,16H,7-11H2,1H3,(H,20,23)/t14-,16+,19+/m1/s1. The summed E-state index contributed by atoms with van der Waals surface area (Å²) in [7, 11) is 0. The number of benzene rings is 1. The minimum absolute atomic E-state index is 0.0156. The number of hydrogen-bond donors (Lipinski definition) is 1. The van der Waals surface area contributed by atoms with Crippen LogP contribution < -0.4 is 5.32 Å². The fourth-order valence-electron chi connectivity index (χ4n) is 3.60. The Morgan fingerprint density at radius 1 is 1.31 bits per heavy atom. The molecule has 0 spiro atoms. The maximum absolute atomic E-state index is 12.9. The zero-order chi connectivity index (χ0) is 18.3. The monoisotopic (exact) mass is 374 g/mol. The van der Waals surface area contributed by atoms with E-state index in [9.17, 15) is 14.4 Å². The fourth-order valence-corrected chi connectivity index (χ4v) is 5.01. The number of amides is 2. The number of esters is 1. The van der Waals surface area contributed by atoms with Gasteiger partial charge in [0, 0.05) is 23.8 Å². The highest BCUT2D eigenvalue weighted by atomic mass is 32.2. The molecule has 4 rings (SSSR count). The lowest BCUT2D eigenvalue weighted by Gasteiger charge is -2.30. The molecule has 0 unspecified atom stereocenters. The molecule has 26 heavy (non-hydrogen) atoms. The zero-order valence-electron chi connectivity index (χ0n) is 14.6. The molecule has 1 N–H and O–H groups in total. The number of nitrogens with zero attached hydrogens (tertiary/aromatic N) is 1. The highest BCUT2D eigenvalue weighted by Crippen LogP contribution is 2.47. The predicted octanol–water partition coefficient (Wildman–Crippen LogP) is 2.00. The average molecular weight is 374 g/mol. The summed E-state index contributed by atoms with van der Waals surface area (Å²) in [4.78, 5) is 39.0. The molecule has 0 radical (unpaired) electrons. The van der Waals surface area contributed by atoms with Crippen LogP contribution in [0, 0.1) is 0 Å². The molecule has 1 aliphatic carbocycles. The van der Waals surface area contributed by atoms with Crippen LogP contribution in [0.1, 0.15) is 44.3 Å². The van der Waals surface area contributed by atoms with Gasteiger partial charge in [0.1, 0.15) is 6.04 Å². The summed E-state index contributed by atoms with van der Waals surface area (Å²) >= 11 is 1.61. The van der Waals surface area contributed by atoms with Crippen LogP contribution in [-0.4, -0.2) is 45.4 Å². The Balaban J connectivity index is 1.52. The third kappa shape index (κ3) is 3.20. The van der Waals surface area contributed by atoms with Gasteiger partial charge in [0.25, 0.3) is 5.91 Å². The van der Waals surface area contributed by atoms with Crippen LogP contribution in [0.3, 0.4) is 0 Å². The SMILES string of the molecule is C[C@]12CCC(=O)N1[C@@H](C(=O)O[C@H](C(=O)NC1CC1)c1ccccc1)CS2. The van der Waals surface area contributed by atoms with E-state index in [4.69, 9.17) is 4.74 Å². The molecule has 1 aromatic rings. The molecule has 6 nitrogen and oxygen atoms in total. The topological polar surface area (TPSA) is 75.7 Å². The van der Waals surface area contributed by atoms with E-state index < -0.39 is 18.1 Å². The number of rotatable bonds is 5. The van der Waals surface area contributed by atoms with E-state index >= 15 is 0 Å². The van der Waals surface area contributed by atoms with E-state index in [0.29, 0.717) is 17.7 Å². The van der Waals surface area contributed by atoms with Gasteiger partial charge in [0.2, 0.25) is 12.0 Å². The molecule has 2 amide bonds. The van der Waals surface area contributed by atoms with Gasteiger partial charge in [-0.15, -0.1) is 11.8 Å². The molecule has 3 aliphatic rings. The molecule has 138 valence electrons. The van der Waals surface area contributed by atoms with E-state index in [-0.39, 0.29) is 22.7 Å². The number of nitrogens with one attached hydrogen (secondary N) is 1. The molecule has 3 fully saturated rings. The summed E-state index contributed by atoms with van der Waals surface area (Å²) in [5.74, 6) is -0.310. The first-order chi connectivity index (χ1) is 12.5. The van der Waals surface area contributed by atoms with Crippen molar-refractivity contribution in [3.8, 4) is 0 Å². The summed E-state index contributed by atoms with van der Waals surface area (Å²) in [6, 6.07) is 8.58. The number of fused-ring (bicyclic) bond motifs is 1. The van der Waals surface area contributed by atoms with Crippen LogP contribution in [0.2, 0.25) is 0 Å². The third-order valence-corrected chi connectivity index (χ3v) is 6.72. The van der Waals surface area contributed by atoms with Crippen LogP contribution >= 0.6 is 11.8 Å². The van der Waals surface area contributed by atoms with Gasteiger partial charge in [0.05, 0.1) is 4.87 Å². The van der Waals surface area contributed by atoms with Crippen molar-refractivity contribution in [1.29, 1.82) is 0 Å². The molecule has 2 saturated heterocycles. The Labute approximate surface area is 156 Å². The number of thioether (sulfide) groups is 1. The van der Waals surface area contributed by atoms with Gasteiger partial charge in [0.15, 0.2) is 0 Å².